The second kappa shape index (κ2) is 6.12. The molecule has 1 atom stereocenters. The Morgan fingerprint density at radius 1 is 1.50 bits per heavy atom. The Kier molecular flexibility index (Phi) is 4.79. The van der Waals surface area contributed by atoms with Gasteiger partial charge in [-0.25, -0.2) is 0 Å². The molecule has 0 amide bonds. The first-order chi connectivity index (χ1) is 7.69. The van der Waals surface area contributed by atoms with Crippen LogP contribution >= 0.6 is 0 Å². The third-order valence-electron chi connectivity index (χ3n) is 2.32. The standard InChI is InChI=1S/C12H17NO3/c1-3-16-11-7-5-4-6-9(11)10(13-2)8-12(14)15/h4-7,10,13H,3,8H2,1-2H3,(H,14,15). The van der Waals surface area contributed by atoms with Gasteiger partial charge in [0.2, 0.25) is 0 Å². The van der Waals surface area contributed by atoms with Crippen LogP contribution in [0.2, 0.25) is 0 Å². The van der Waals surface area contributed by atoms with Crippen molar-refractivity contribution in [3.8, 4) is 5.75 Å². The lowest BCUT2D eigenvalue weighted by Crippen LogP contribution is -2.20. The Morgan fingerprint density at radius 3 is 2.75 bits per heavy atom. The van der Waals surface area contributed by atoms with Gasteiger partial charge >= 0.3 is 5.97 Å². The van der Waals surface area contributed by atoms with Crippen LogP contribution in [0.4, 0.5) is 0 Å². The lowest BCUT2D eigenvalue weighted by molar-refractivity contribution is -0.137. The molecule has 4 nitrogen and oxygen atoms in total. The van der Waals surface area contributed by atoms with Crippen LogP contribution in [0, 0.1) is 0 Å². The summed E-state index contributed by atoms with van der Waals surface area (Å²) in [5.41, 5.74) is 0.884. The Balaban J connectivity index is 2.94. The van der Waals surface area contributed by atoms with Crippen molar-refractivity contribution in [1.29, 1.82) is 0 Å². The molecule has 1 unspecified atom stereocenters. The van der Waals surface area contributed by atoms with Crippen molar-refractivity contribution in [2.24, 2.45) is 0 Å². The minimum Gasteiger partial charge on any atom is -0.494 e. The van der Waals surface area contributed by atoms with E-state index < -0.39 is 5.97 Å². The first-order valence-corrected chi connectivity index (χ1v) is 5.29. The van der Waals surface area contributed by atoms with Crippen molar-refractivity contribution in [3.63, 3.8) is 0 Å². The molecule has 0 radical (unpaired) electrons. The van der Waals surface area contributed by atoms with Crippen molar-refractivity contribution in [2.75, 3.05) is 13.7 Å². The predicted molar refractivity (Wildman–Crippen MR) is 61.7 cm³/mol. The number of carbonyl (C=O) groups is 1. The zero-order valence-electron chi connectivity index (χ0n) is 9.56. The summed E-state index contributed by atoms with van der Waals surface area (Å²) >= 11 is 0. The quantitative estimate of drug-likeness (QED) is 0.772. The summed E-state index contributed by atoms with van der Waals surface area (Å²) in [6.45, 7) is 2.48. The van der Waals surface area contributed by atoms with E-state index in [0.717, 1.165) is 11.3 Å². The highest BCUT2D eigenvalue weighted by Crippen LogP contribution is 2.26. The second-order valence-corrected chi connectivity index (χ2v) is 3.41. The largest absolute Gasteiger partial charge is 0.494 e. The van der Waals surface area contributed by atoms with Crippen molar-refractivity contribution < 1.29 is 14.6 Å². The minimum absolute atomic E-state index is 0.0422. The zero-order valence-corrected chi connectivity index (χ0v) is 9.56. The topological polar surface area (TPSA) is 58.6 Å². The minimum atomic E-state index is -0.828. The number of rotatable bonds is 6. The normalized spacial score (nSPS) is 12.1. The van der Waals surface area contributed by atoms with E-state index in [9.17, 15) is 4.79 Å². The van der Waals surface area contributed by atoms with Crippen LogP contribution in [0.1, 0.15) is 24.9 Å². The molecule has 0 fully saturated rings. The van der Waals surface area contributed by atoms with Crippen LogP contribution in [0.25, 0.3) is 0 Å². The van der Waals surface area contributed by atoms with Crippen LogP contribution in [-0.2, 0) is 4.79 Å². The molecule has 0 spiro atoms. The van der Waals surface area contributed by atoms with Crippen molar-refractivity contribution in [3.05, 3.63) is 29.8 Å². The molecule has 1 aromatic carbocycles. The Hall–Kier alpha value is -1.55. The Morgan fingerprint density at radius 2 is 2.19 bits per heavy atom. The Labute approximate surface area is 95.2 Å². The number of benzene rings is 1. The smallest absolute Gasteiger partial charge is 0.305 e. The second-order valence-electron chi connectivity index (χ2n) is 3.41. The molecule has 0 heterocycles. The molecular weight excluding hydrogens is 206 g/mol. The highest BCUT2D eigenvalue weighted by atomic mass is 16.5. The van der Waals surface area contributed by atoms with Crippen LogP contribution in [-0.4, -0.2) is 24.7 Å². The third-order valence-corrected chi connectivity index (χ3v) is 2.32. The molecule has 0 aliphatic heterocycles. The summed E-state index contributed by atoms with van der Waals surface area (Å²) in [7, 11) is 1.75. The summed E-state index contributed by atoms with van der Waals surface area (Å²) < 4.78 is 5.47. The van der Waals surface area contributed by atoms with Gasteiger partial charge in [0, 0.05) is 11.6 Å². The summed E-state index contributed by atoms with van der Waals surface area (Å²) in [6.07, 6.45) is 0.0422. The van der Waals surface area contributed by atoms with Gasteiger partial charge in [0.1, 0.15) is 5.75 Å². The average molecular weight is 223 g/mol. The number of carboxylic acid groups (broad SMARTS) is 1. The van der Waals surface area contributed by atoms with Crippen molar-refractivity contribution in [2.45, 2.75) is 19.4 Å². The number of hydrogen-bond donors (Lipinski definition) is 2. The number of para-hydroxylation sites is 1. The molecule has 0 aliphatic rings. The van der Waals surface area contributed by atoms with Crippen LogP contribution < -0.4 is 10.1 Å². The fourth-order valence-electron chi connectivity index (χ4n) is 1.60. The Bertz CT molecular complexity index is 352. The van der Waals surface area contributed by atoms with E-state index in [4.69, 9.17) is 9.84 Å². The molecule has 2 N–H and O–H groups in total. The number of carboxylic acids is 1. The molecule has 1 rings (SSSR count). The van der Waals surface area contributed by atoms with E-state index in [1.54, 1.807) is 7.05 Å². The van der Waals surface area contributed by atoms with Crippen LogP contribution in [0.5, 0.6) is 5.75 Å². The van der Waals surface area contributed by atoms with Gasteiger partial charge in [0.05, 0.1) is 13.0 Å². The molecule has 1 aromatic rings. The maximum absolute atomic E-state index is 10.7. The van der Waals surface area contributed by atoms with Crippen molar-refractivity contribution >= 4 is 5.97 Å². The first-order valence-electron chi connectivity index (χ1n) is 5.29. The van der Waals surface area contributed by atoms with Gasteiger partial charge in [0.25, 0.3) is 0 Å². The summed E-state index contributed by atoms with van der Waals surface area (Å²) in [5.74, 6) is -0.0868. The van der Waals surface area contributed by atoms with Gasteiger partial charge in [-0.2, -0.15) is 0 Å². The van der Waals surface area contributed by atoms with Crippen LogP contribution in [0.15, 0.2) is 24.3 Å². The summed E-state index contributed by atoms with van der Waals surface area (Å²) in [6, 6.07) is 7.27. The molecule has 16 heavy (non-hydrogen) atoms. The SMILES string of the molecule is CCOc1ccccc1C(CC(=O)O)NC. The van der Waals surface area contributed by atoms with Gasteiger partial charge in [-0.1, -0.05) is 18.2 Å². The fourth-order valence-corrected chi connectivity index (χ4v) is 1.60. The molecule has 0 bridgehead atoms. The maximum Gasteiger partial charge on any atom is 0.305 e. The number of aliphatic carboxylic acids is 1. The van der Waals surface area contributed by atoms with E-state index in [1.165, 1.54) is 0 Å². The molecule has 0 saturated carbocycles. The predicted octanol–water partition coefficient (Wildman–Crippen LogP) is 1.82. The summed E-state index contributed by atoms with van der Waals surface area (Å²) in [4.78, 5) is 10.7. The van der Waals surface area contributed by atoms with Crippen molar-refractivity contribution in [1.82, 2.24) is 5.32 Å². The fraction of sp³-hybridized carbons (Fsp3) is 0.417. The van der Waals surface area contributed by atoms with E-state index in [1.807, 2.05) is 31.2 Å². The van der Waals surface area contributed by atoms with E-state index in [-0.39, 0.29) is 12.5 Å². The lowest BCUT2D eigenvalue weighted by atomic mass is 10.0. The monoisotopic (exact) mass is 223 g/mol. The molecule has 88 valence electrons. The molecule has 0 saturated heterocycles. The molecule has 4 heteroatoms. The van der Waals surface area contributed by atoms with Gasteiger partial charge in [-0.15, -0.1) is 0 Å². The zero-order chi connectivity index (χ0) is 12.0. The molecule has 0 aliphatic carbocycles. The lowest BCUT2D eigenvalue weighted by Gasteiger charge is -2.18. The third kappa shape index (κ3) is 3.24. The van der Waals surface area contributed by atoms with Gasteiger partial charge in [0.15, 0.2) is 0 Å². The van der Waals surface area contributed by atoms with E-state index in [2.05, 4.69) is 5.32 Å². The summed E-state index contributed by atoms with van der Waals surface area (Å²) in [5, 5.41) is 11.8. The molecular formula is C12H17NO3. The maximum atomic E-state index is 10.7. The molecule has 0 aromatic heterocycles. The average Bonchev–Trinajstić information content (AvgIpc) is 2.27. The van der Waals surface area contributed by atoms with E-state index in [0.29, 0.717) is 6.61 Å². The first kappa shape index (κ1) is 12.5. The van der Waals surface area contributed by atoms with E-state index >= 15 is 0 Å². The number of nitrogens with one attached hydrogen (secondary N) is 1. The van der Waals surface area contributed by atoms with Gasteiger partial charge < -0.3 is 15.2 Å². The number of hydrogen-bond acceptors (Lipinski definition) is 3. The highest BCUT2D eigenvalue weighted by molar-refractivity contribution is 5.68. The van der Waals surface area contributed by atoms with Gasteiger partial charge in [-0.3, -0.25) is 4.79 Å². The highest BCUT2D eigenvalue weighted by Gasteiger charge is 2.17. The van der Waals surface area contributed by atoms with Gasteiger partial charge in [-0.05, 0) is 20.0 Å². The number of ether oxygens (including phenoxy) is 1. The van der Waals surface area contributed by atoms with Crippen LogP contribution in [0.3, 0.4) is 0 Å².